The third kappa shape index (κ3) is 2.07. The van der Waals surface area contributed by atoms with E-state index in [0.717, 1.165) is 29.7 Å². The van der Waals surface area contributed by atoms with Crippen LogP contribution < -0.4 is 4.74 Å². The number of carboxylic acid groups (broad SMARTS) is 1. The summed E-state index contributed by atoms with van der Waals surface area (Å²) in [6.07, 6.45) is 2.51. The molecule has 2 aliphatic rings. The van der Waals surface area contributed by atoms with Crippen LogP contribution in [-0.4, -0.2) is 29.0 Å². The summed E-state index contributed by atoms with van der Waals surface area (Å²) in [7, 11) is 1.61. The van der Waals surface area contributed by atoms with E-state index in [4.69, 9.17) is 4.74 Å². The number of amides is 1. The quantitative estimate of drug-likeness (QED) is 0.866. The predicted octanol–water partition coefficient (Wildman–Crippen LogP) is 2.18. The fraction of sp³-hybridized carbons (Fsp3) is 0.500. The maximum absolute atomic E-state index is 12.8. The Morgan fingerprint density at radius 2 is 1.95 bits per heavy atom. The molecule has 0 saturated heterocycles. The van der Waals surface area contributed by atoms with E-state index in [1.54, 1.807) is 12.0 Å². The molecule has 1 aromatic rings. The van der Waals surface area contributed by atoms with Gasteiger partial charge in [-0.1, -0.05) is 25.0 Å². The van der Waals surface area contributed by atoms with Gasteiger partial charge in [0, 0.05) is 12.1 Å². The van der Waals surface area contributed by atoms with Gasteiger partial charge in [0.2, 0.25) is 5.91 Å². The van der Waals surface area contributed by atoms with Gasteiger partial charge >= 0.3 is 5.97 Å². The van der Waals surface area contributed by atoms with Crippen molar-refractivity contribution in [2.24, 2.45) is 5.41 Å². The van der Waals surface area contributed by atoms with Crippen molar-refractivity contribution in [2.45, 2.75) is 38.8 Å². The van der Waals surface area contributed by atoms with E-state index >= 15 is 0 Å². The van der Waals surface area contributed by atoms with E-state index < -0.39 is 11.4 Å². The van der Waals surface area contributed by atoms with Crippen LogP contribution in [0.4, 0.5) is 0 Å². The second kappa shape index (κ2) is 5.06. The van der Waals surface area contributed by atoms with Gasteiger partial charge in [-0.15, -0.1) is 0 Å². The Kier molecular flexibility index (Phi) is 3.35. The van der Waals surface area contributed by atoms with E-state index in [2.05, 4.69) is 0 Å². The molecule has 0 spiro atoms. The van der Waals surface area contributed by atoms with Gasteiger partial charge in [0.25, 0.3) is 0 Å². The Morgan fingerprint density at radius 1 is 1.24 bits per heavy atom. The summed E-state index contributed by atoms with van der Waals surface area (Å²) in [4.78, 5) is 26.1. The lowest BCUT2D eigenvalue weighted by Crippen LogP contribution is -2.45. The number of hydrogen-bond acceptors (Lipinski definition) is 3. The third-order valence-corrected chi connectivity index (χ3v) is 4.72. The SMILES string of the molecule is COc1cccc2c1CN(C(=O)C1(C(=O)O)CCCC1)C2. The van der Waals surface area contributed by atoms with Crippen LogP contribution in [0, 0.1) is 5.41 Å². The number of carbonyl (C=O) groups excluding carboxylic acids is 1. The molecule has 5 nitrogen and oxygen atoms in total. The van der Waals surface area contributed by atoms with Gasteiger partial charge in [-0.2, -0.15) is 0 Å². The molecule has 1 heterocycles. The van der Waals surface area contributed by atoms with Crippen molar-refractivity contribution in [1.29, 1.82) is 0 Å². The van der Waals surface area contributed by atoms with Gasteiger partial charge in [0.1, 0.15) is 11.2 Å². The summed E-state index contributed by atoms with van der Waals surface area (Å²) in [5, 5.41) is 9.54. The Hall–Kier alpha value is -2.04. The van der Waals surface area contributed by atoms with Crippen molar-refractivity contribution in [2.75, 3.05) is 7.11 Å². The number of hydrogen-bond donors (Lipinski definition) is 1. The standard InChI is InChI=1S/C16H19NO4/c1-21-13-6-4-5-11-9-17(10-12(11)13)14(18)16(15(19)20)7-2-3-8-16/h4-6H,2-3,7-10H2,1H3,(H,19,20). The van der Waals surface area contributed by atoms with E-state index in [1.165, 1.54) is 0 Å². The minimum Gasteiger partial charge on any atom is -0.496 e. The molecule has 1 aliphatic heterocycles. The van der Waals surface area contributed by atoms with Crippen LogP contribution in [0.1, 0.15) is 36.8 Å². The van der Waals surface area contributed by atoms with Gasteiger partial charge in [0.15, 0.2) is 0 Å². The van der Waals surface area contributed by atoms with Gasteiger partial charge in [-0.3, -0.25) is 9.59 Å². The lowest BCUT2D eigenvalue weighted by atomic mass is 9.84. The first kappa shape index (κ1) is 13.9. The highest BCUT2D eigenvalue weighted by molar-refractivity contribution is 6.02. The number of aliphatic carboxylic acids is 1. The normalized spacial score (nSPS) is 19.4. The molecule has 0 radical (unpaired) electrons. The first-order valence-corrected chi connectivity index (χ1v) is 7.26. The summed E-state index contributed by atoms with van der Waals surface area (Å²) >= 11 is 0. The van der Waals surface area contributed by atoms with Crippen molar-refractivity contribution in [3.05, 3.63) is 29.3 Å². The molecular weight excluding hydrogens is 270 g/mol. The van der Waals surface area contributed by atoms with Crippen molar-refractivity contribution >= 4 is 11.9 Å². The molecule has 0 bridgehead atoms. The number of carboxylic acids is 1. The topological polar surface area (TPSA) is 66.8 Å². The van der Waals surface area contributed by atoms with Crippen molar-refractivity contribution in [3.63, 3.8) is 0 Å². The Balaban J connectivity index is 1.87. The summed E-state index contributed by atoms with van der Waals surface area (Å²) in [5.41, 5.74) is 0.822. The minimum absolute atomic E-state index is 0.245. The fourth-order valence-electron chi connectivity index (χ4n) is 3.53. The van der Waals surface area contributed by atoms with Crippen LogP contribution in [0.3, 0.4) is 0 Å². The molecule has 0 atom stereocenters. The van der Waals surface area contributed by atoms with Gasteiger partial charge < -0.3 is 14.7 Å². The molecule has 21 heavy (non-hydrogen) atoms. The van der Waals surface area contributed by atoms with E-state index in [1.807, 2.05) is 18.2 Å². The van der Waals surface area contributed by atoms with Crippen LogP contribution in [-0.2, 0) is 22.7 Å². The summed E-state index contributed by atoms with van der Waals surface area (Å²) < 4.78 is 5.33. The molecule has 0 unspecified atom stereocenters. The summed E-state index contributed by atoms with van der Waals surface area (Å²) in [6, 6.07) is 5.73. The van der Waals surface area contributed by atoms with Gasteiger partial charge in [-0.05, 0) is 24.5 Å². The maximum Gasteiger partial charge on any atom is 0.319 e. The second-order valence-corrected chi connectivity index (χ2v) is 5.85. The highest BCUT2D eigenvalue weighted by Crippen LogP contribution is 2.42. The lowest BCUT2D eigenvalue weighted by molar-refractivity contribution is -0.160. The number of benzene rings is 1. The molecule has 1 aromatic carbocycles. The smallest absolute Gasteiger partial charge is 0.319 e. The summed E-state index contributed by atoms with van der Waals surface area (Å²) in [6.45, 7) is 0.910. The molecular formula is C16H19NO4. The molecule has 1 aliphatic carbocycles. The lowest BCUT2D eigenvalue weighted by Gasteiger charge is -2.28. The van der Waals surface area contributed by atoms with Gasteiger partial charge in [-0.25, -0.2) is 0 Å². The number of carbonyl (C=O) groups is 2. The number of methoxy groups -OCH3 is 1. The van der Waals surface area contributed by atoms with Crippen LogP contribution in [0.5, 0.6) is 5.75 Å². The molecule has 3 rings (SSSR count). The Bertz CT molecular complexity index is 590. The first-order chi connectivity index (χ1) is 10.1. The Labute approximate surface area is 123 Å². The highest BCUT2D eigenvalue weighted by atomic mass is 16.5. The van der Waals surface area contributed by atoms with E-state index in [0.29, 0.717) is 25.9 Å². The molecule has 1 saturated carbocycles. The molecule has 5 heteroatoms. The highest BCUT2D eigenvalue weighted by Gasteiger charge is 2.50. The number of fused-ring (bicyclic) bond motifs is 1. The average Bonchev–Trinajstić information content (AvgIpc) is 3.13. The van der Waals surface area contributed by atoms with Crippen molar-refractivity contribution < 1.29 is 19.4 Å². The van der Waals surface area contributed by atoms with Crippen LogP contribution in [0.15, 0.2) is 18.2 Å². The summed E-state index contributed by atoms with van der Waals surface area (Å²) in [5.74, 6) is -0.461. The van der Waals surface area contributed by atoms with Crippen LogP contribution >= 0.6 is 0 Å². The molecule has 112 valence electrons. The average molecular weight is 289 g/mol. The van der Waals surface area contributed by atoms with E-state index in [9.17, 15) is 14.7 Å². The molecule has 0 aromatic heterocycles. The Morgan fingerprint density at radius 3 is 2.57 bits per heavy atom. The van der Waals surface area contributed by atoms with Gasteiger partial charge in [0.05, 0.1) is 13.7 Å². The number of ether oxygens (including phenoxy) is 1. The fourth-order valence-corrected chi connectivity index (χ4v) is 3.53. The molecule has 1 fully saturated rings. The first-order valence-electron chi connectivity index (χ1n) is 7.26. The van der Waals surface area contributed by atoms with Crippen molar-refractivity contribution in [1.82, 2.24) is 4.90 Å². The van der Waals surface area contributed by atoms with E-state index in [-0.39, 0.29) is 5.91 Å². The zero-order valence-electron chi connectivity index (χ0n) is 12.1. The van der Waals surface area contributed by atoms with Crippen LogP contribution in [0.2, 0.25) is 0 Å². The molecule has 1 N–H and O–H groups in total. The number of rotatable bonds is 3. The predicted molar refractivity (Wildman–Crippen MR) is 75.8 cm³/mol. The zero-order chi connectivity index (χ0) is 15.0. The largest absolute Gasteiger partial charge is 0.496 e. The third-order valence-electron chi connectivity index (χ3n) is 4.72. The number of nitrogens with zero attached hydrogens (tertiary/aromatic N) is 1. The van der Waals surface area contributed by atoms with Crippen molar-refractivity contribution in [3.8, 4) is 5.75 Å². The maximum atomic E-state index is 12.8. The monoisotopic (exact) mass is 289 g/mol. The van der Waals surface area contributed by atoms with Crippen LogP contribution in [0.25, 0.3) is 0 Å². The zero-order valence-corrected chi connectivity index (χ0v) is 12.1. The second-order valence-electron chi connectivity index (χ2n) is 5.85. The minimum atomic E-state index is -1.21. The molecule has 1 amide bonds.